The molecule has 0 unspecified atom stereocenters. The maximum absolute atomic E-state index is 12.4. The van der Waals surface area contributed by atoms with Crippen LogP contribution in [0.3, 0.4) is 0 Å². The number of amides is 2. The zero-order valence-electron chi connectivity index (χ0n) is 15.3. The van der Waals surface area contributed by atoms with Crippen molar-refractivity contribution in [1.82, 2.24) is 14.8 Å². The Hall–Kier alpha value is -3.81. The number of nitrogens with one attached hydrogen (secondary N) is 2. The quantitative estimate of drug-likeness (QED) is 0.685. The van der Waals surface area contributed by atoms with E-state index in [-0.39, 0.29) is 24.6 Å². The first-order chi connectivity index (χ1) is 13.5. The second-order valence-electron chi connectivity index (χ2n) is 6.11. The third kappa shape index (κ3) is 5.10. The number of pyridine rings is 1. The van der Waals surface area contributed by atoms with Crippen LogP contribution in [0.15, 0.2) is 65.6 Å². The lowest BCUT2D eigenvalue weighted by Crippen LogP contribution is -2.28. The van der Waals surface area contributed by atoms with Crippen molar-refractivity contribution in [3.05, 3.63) is 82.4 Å². The van der Waals surface area contributed by atoms with Crippen molar-refractivity contribution >= 4 is 23.3 Å². The monoisotopic (exact) mass is 377 g/mol. The third-order valence-corrected chi connectivity index (χ3v) is 3.89. The Bertz CT molecular complexity index is 1030. The Morgan fingerprint density at radius 3 is 2.50 bits per heavy atom. The fourth-order valence-corrected chi connectivity index (χ4v) is 2.41. The van der Waals surface area contributed by atoms with Crippen LogP contribution in [0.2, 0.25) is 0 Å². The molecule has 0 saturated heterocycles. The summed E-state index contributed by atoms with van der Waals surface area (Å²) in [7, 11) is 0. The van der Waals surface area contributed by atoms with Crippen molar-refractivity contribution < 1.29 is 9.59 Å². The van der Waals surface area contributed by atoms with E-state index < -0.39 is 11.5 Å². The molecule has 2 aromatic heterocycles. The molecule has 0 atom stereocenters. The van der Waals surface area contributed by atoms with E-state index in [9.17, 15) is 14.4 Å². The molecule has 2 heterocycles. The van der Waals surface area contributed by atoms with Crippen LogP contribution in [0.25, 0.3) is 0 Å². The first-order valence-electron chi connectivity index (χ1n) is 8.68. The molecule has 2 amide bonds. The minimum Gasteiger partial charge on any atom is -0.321 e. The molecule has 28 heavy (non-hydrogen) atoms. The Morgan fingerprint density at radius 1 is 1.00 bits per heavy atom. The van der Waals surface area contributed by atoms with Gasteiger partial charge in [-0.25, -0.2) is 9.67 Å². The van der Waals surface area contributed by atoms with Gasteiger partial charge in [0, 0.05) is 24.4 Å². The summed E-state index contributed by atoms with van der Waals surface area (Å²) in [5.74, 6) is -0.309. The number of rotatable bonds is 6. The van der Waals surface area contributed by atoms with Crippen molar-refractivity contribution in [3.63, 3.8) is 0 Å². The number of anilines is 2. The minimum atomic E-state index is -0.435. The van der Waals surface area contributed by atoms with Gasteiger partial charge in [-0.2, -0.15) is 5.10 Å². The lowest BCUT2D eigenvalue weighted by molar-refractivity contribution is -0.116. The average molecular weight is 377 g/mol. The Morgan fingerprint density at radius 2 is 1.79 bits per heavy atom. The summed E-state index contributed by atoms with van der Waals surface area (Å²) in [5.41, 5.74) is 1.40. The van der Waals surface area contributed by atoms with Gasteiger partial charge in [-0.15, -0.1) is 0 Å². The lowest BCUT2D eigenvalue weighted by Gasteiger charge is -2.08. The summed E-state index contributed by atoms with van der Waals surface area (Å²) in [4.78, 5) is 40.4. The molecule has 1 aromatic carbocycles. The fourth-order valence-electron chi connectivity index (χ4n) is 2.41. The summed E-state index contributed by atoms with van der Waals surface area (Å²) < 4.78 is 1.10. The predicted molar refractivity (Wildman–Crippen MR) is 105 cm³/mol. The number of aryl methyl sites for hydroxylation is 2. The zero-order chi connectivity index (χ0) is 19.9. The molecule has 0 radical (unpaired) electrons. The second-order valence-corrected chi connectivity index (χ2v) is 6.11. The summed E-state index contributed by atoms with van der Waals surface area (Å²) >= 11 is 0. The topological polar surface area (TPSA) is 106 Å². The number of hydrogen-bond acceptors (Lipinski definition) is 5. The predicted octanol–water partition coefficient (Wildman–Crippen LogP) is 2.23. The van der Waals surface area contributed by atoms with Crippen LogP contribution in [0.1, 0.15) is 22.5 Å². The van der Waals surface area contributed by atoms with E-state index in [1.807, 2.05) is 19.1 Å². The van der Waals surface area contributed by atoms with E-state index in [0.29, 0.717) is 11.5 Å². The Balaban J connectivity index is 1.64. The Labute approximate surface area is 161 Å². The fraction of sp³-hybridized carbons (Fsp3) is 0.150. The second kappa shape index (κ2) is 8.72. The van der Waals surface area contributed by atoms with Crippen molar-refractivity contribution in [3.8, 4) is 0 Å². The molecule has 0 aliphatic rings. The zero-order valence-corrected chi connectivity index (χ0v) is 15.3. The summed E-state index contributed by atoms with van der Waals surface area (Å²) in [6.45, 7) is 2.00. The van der Waals surface area contributed by atoms with Gasteiger partial charge in [-0.05, 0) is 37.3 Å². The van der Waals surface area contributed by atoms with Gasteiger partial charge in [0.25, 0.3) is 11.5 Å². The number of carbonyl (C=O) groups excluding carboxylic acids is 2. The molecule has 2 N–H and O–H groups in total. The molecule has 0 saturated carbocycles. The van der Waals surface area contributed by atoms with E-state index in [1.165, 1.54) is 12.1 Å². The van der Waals surface area contributed by atoms with E-state index >= 15 is 0 Å². The molecule has 3 aromatic rings. The first kappa shape index (κ1) is 19.0. The molecule has 142 valence electrons. The smallest absolute Gasteiger partial charge is 0.276 e. The van der Waals surface area contributed by atoms with Crippen LogP contribution in [0, 0.1) is 6.92 Å². The van der Waals surface area contributed by atoms with Crippen molar-refractivity contribution in [2.45, 2.75) is 19.9 Å². The molecule has 0 aliphatic carbocycles. The van der Waals surface area contributed by atoms with E-state index in [4.69, 9.17) is 0 Å². The highest BCUT2D eigenvalue weighted by Gasteiger charge is 2.11. The Kier molecular flexibility index (Phi) is 5.91. The minimum absolute atomic E-state index is 0.0204. The van der Waals surface area contributed by atoms with Gasteiger partial charge in [0.15, 0.2) is 0 Å². The number of carbonyl (C=O) groups is 2. The van der Waals surface area contributed by atoms with E-state index in [2.05, 4.69) is 20.7 Å². The average Bonchev–Trinajstić information content (AvgIpc) is 2.70. The summed E-state index contributed by atoms with van der Waals surface area (Å²) in [5, 5.41) is 9.42. The van der Waals surface area contributed by atoms with Gasteiger partial charge in [0.05, 0.1) is 6.54 Å². The van der Waals surface area contributed by atoms with Crippen LogP contribution < -0.4 is 16.2 Å². The molecule has 8 nitrogen and oxygen atoms in total. The highest BCUT2D eigenvalue weighted by atomic mass is 16.2. The SMILES string of the molecule is Cc1ccc(NC(=O)c2ccc(=O)n(CCC(=O)Nc3ccccn3)n2)cc1. The van der Waals surface area contributed by atoms with Crippen molar-refractivity contribution in [1.29, 1.82) is 0 Å². The number of benzene rings is 1. The maximum Gasteiger partial charge on any atom is 0.276 e. The van der Waals surface area contributed by atoms with Crippen molar-refractivity contribution in [2.75, 3.05) is 10.6 Å². The highest BCUT2D eigenvalue weighted by Crippen LogP contribution is 2.09. The standard InChI is InChI=1S/C20H19N5O3/c1-14-5-7-15(8-6-14)22-20(28)16-9-10-19(27)25(24-16)13-11-18(26)23-17-4-2-3-12-21-17/h2-10,12H,11,13H2,1H3,(H,22,28)(H,21,23,26). The van der Waals surface area contributed by atoms with Crippen LogP contribution >= 0.6 is 0 Å². The molecule has 3 rings (SSSR count). The van der Waals surface area contributed by atoms with Gasteiger partial charge in [-0.1, -0.05) is 23.8 Å². The van der Waals surface area contributed by atoms with Gasteiger partial charge < -0.3 is 10.6 Å². The van der Waals surface area contributed by atoms with Gasteiger partial charge >= 0.3 is 0 Å². The molecule has 8 heteroatoms. The normalized spacial score (nSPS) is 10.3. The number of aromatic nitrogens is 3. The molecular weight excluding hydrogens is 358 g/mol. The van der Waals surface area contributed by atoms with Crippen LogP contribution in [0.5, 0.6) is 0 Å². The molecular formula is C20H19N5O3. The largest absolute Gasteiger partial charge is 0.321 e. The molecule has 0 fully saturated rings. The number of hydrogen-bond donors (Lipinski definition) is 2. The third-order valence-electron chi connectivity index (χ3n) is 3.89. The van der Waals surface area contributed by atoms with Crippen LogP contribution in [0.4, 0.5) is 11.5 Å². The van der Waals surface area contributed by atoms with Gasteiger partial charge in [-0.3, -0.25) is 14.4 Å². The van der Waals surface area contributed by atoms with Crippen LogP contribution in [-0.4, -0.2) is 26.6 Å². The summed E-state index contributed by atoms with van der Waals surface area (Å²) in [6.07, 6.45) is 1.59. The summed E-state index contributed by atoms with van der Waals surface area (Å²) in [6, 6.07) is 15.1. The molecule has 0 aliphatic heterocycles. The van der Waals surface area contributed by atoms with Gasteiger partial charge in [0.2, 0.25) is 5.91 Å². The molecule has 0 bridgehead atoms. The van der Waals surface area contributed by atoms with E-state index in [1.54, 1.807) is 36.5 Å². The highest BCUT2D eigenvalue weighted by molar-refractivity contribution is 6.02. The van der Waals surface area contributed by atoms with Crippen LogP contribution in [-0.2, 0) is 11.3 Å². The molecule has 0 spiro atoms. The van der Waals surface area contributed by atoms with E-state index in [0.717, 1.165) is 10.2 Å². The first-order valence-corrected chi connectivity index (χ1v) is 8.68. The maximum atomic E-state index is 12.4. The van der Waals surface area contributed by atoms with Gasteiger partial charge in [0.1, 0.15) is 11.5 Å². The lowest BCUT2D eigenvalue weighted by atomic mass is 10.2. The number of nitrogens with zero attached hydrogens (tertiary/aromatic N) is 3. The van der Waals surface area contributed by atoms with Crippen molar-refractivity contribution in [2.24, 2.45) is 0 Å².